The van der Waals surface area contributed by atoms with Gasteiger partial charge in [0.25, 0.3) is 0 Å². The smallest absolute Gasteiger partial charge is 0.235 e. The van der Waals surface area contributed by atoms with Crippen LogP contribution in [0.5, 0.6) is 0 Å². The maximum atomic E-state index is 11.6. The third kappa shape index (κ3) is 5.02. The second kappa shape index (κ2) is 5.67. The summed E-state index contributed by atoms with van der Waals surface area (Å²) in [5, 5.41) is 3.47. The van der Waals surface area contributed by atoms with Gasteiger partial charge in [0.15, 0.2) is 5.82 Å². The summed E-state index contributed by atoms with van der Waals surface area (Å²) < 4.78 is 54.3. The number of nitrogens with one attached hydrogen (secondary N) is 2. The van der Waals surface area contributed by atoms with E-state index in [0.717, 1.165) is 0 Å². The molecule has 2 N–H and O–H groups in total. The fraction of sp³-hybridized carbons (Fsp3) is 0.625. The standard InChI is InChI=1S/C8H15N3O5S2/c1-3-17(12,13)9-4-5-18(14,15)11-8-6-7(2)16-10-8/h6,9H,3-5H2,1-2H3,(H,10,11). The number of aromatic nitrogens is 1. The Balaban J connectivity index is 2.51. The lowest BCUT2D eigenvalue weighted by atomic mass is 10.5. The minimum Gasteiger partial charge on any atom is -0.360 e. The summed E-state index contributed by atoms with van der Waals surface area (Å²) in [7, 11) is -7.04. The zero-order chi connectivity index (χ0) is 13.8. The number of aryl methyl sites for hydroxylation is 1. The van der Waals surface area contributed by atoms with Crippen LogP contribution >= 0.6 is 0 Å². The van der Waals surface area contributed by atoms with Crippen LogP contribution in [0.4, 0.5) is 5.82 Å². The Morgan fingerprint density at radius 2 is 1.94 bits per heavy atom. The van der Waals surface area contributed by atoms with Gasteiger partial charge in [0.1, 0.15) is 5.76 Å². The van der Waals surface area contributed by atoms with Gasteiger partial charge >= 0.3 is 0 Å². The molecule has 0 aliphatic heterocycles. The predicted molar refractivity (Wildman–Crippen MR) is 66.1 cm³/mol. The van der Waals surface area contributed by atoms with Crippen LogP contribution in [-0.2, 0) is 20.0 Å². The lowest BCUT2D eigenvalue weighted by Gasteiger charge is -2.06. The zero-order valence-corrected chi connectivity index (χ0v) is 11.6. The summed E-state index contributed by atoms with van der Waals surface area (Å²) in [4.78, 5) is 0. The topological polar surface area (TPSA) is 118 Å². The van der Waals surface area contributed by atoms with Crippen LogP contribution in [0.2, 0.25) is 0 Å². The molecule has 8 nitrogen and oxygen atoms in total. The number of nitrogens with zero attached hydrogens (tertiary/aromatic N) is 1. The number of anilines is 1. The first kappa shape index (κ1) is 14.9. The second-order valence-electron chi connectivity index (χ2n) is 3.54. The van der Waals surface area contributed by atoms with Crippen molar-refractivity contribution in [2.75, 3.05) is 22.8 Å². The molecule has 1 heterocycles. The minimum atomic E-state index is -3.65. The predicted octanol–water partition coefficient (Wildman–Crippen LogP) is -0.336. The first-order valence-electron chi connectivity index (χ1n) is 5.15. The molecular weight excluding hydrogens is 282 g/mol. The summed E-state index contributed by atoms with van der Waals surface area (Å²) in [5.74, 6) is 0.0754. The first-order chi connectivity index (χ1) is 8.24. The molecule has 10 heteroatoms. The van der Waals surface area contributed by atoms with Crippen molar-refractivity contribution in [3.63, 3.8) is 0 Å². The highest BCUT2D eigenvalue weighted by Crippen LogP contribution is 2.08. The van der Waals surface area contributed by atoms with Crippen molar-refractivity contribution in [2.24, 2.45) is 0 Å². The highest BCUT2D eigenvalue weighted by Gasteiger charge is 2.14. The van der Waals surface area contributed by atoms with Crippen molar-refractivity contribution in [3.05, 3.63) is 11.8 Å². The van der Waals surface area contributed by atoms with Crippen molar-refractivity contribution in [2.45, 2.75) is 13.8 Å². The van der Waals surface area contributed by atoms with E-state index in [1.54, 1.807) is 6.92 Å². The summed E-state index contributed by atoms with van der Waals surface area (Å²) >= 11 is 0. The Bertz CT molecular complexity index is 590. The molecule has 1 aromatic rings. The van der Waals surface area contributed by atoms with E-state index in [0.29, 0.717) is 5.76 Å². The molecule has 0 saturated heterocycles. The Morgan fingerprint density at radius 1 is 1.28 bits per heavy atom. The van der Waals surface area contributed by atoms with E-state index < -0.39 is 20.0 Å². The molecule has 1 aromatic heterocycles. The van der Waals surface area contributed by atoms with Crippen molar-refractivity contribution in [1.29, 1.82) is 0 Å². The molecule has 0 aliphatic rings. The SMILES string of the molecule is CCS(=O)(=O)NCCS(=O)(=O)Nc1cc(C)on1. The zero-order valence-electron chi connectivity index (χ0n) is 10.0. The average molecular weight is 297 g/mol. The van der Waals surface area contributed by atoms with E-state index in [1.807, 2.05) is 0 Å². The van der Waals surface area contributed by atoms with Crippen LogP contribution in [-0.4, -0.2) is 40.0 Å². The van der Waals surface area contributed by atoms with Gasteiger partial charge in [-0.3, -0.25) is 4.72 Å². The molecule has 0 radical (unpaired) electrons. The summed E-state index contributed by atoms with van der Waals surface area (Å²) in [5.41, 5.74) is 0. The summed E-state index contributed by atoms with van der Waals surface area (Å²) in [6, 6.07) is 1.42. The molecule has 0 atom stereocenters. The third-order valence-corrected chi connectivity index (χ3v) is 4.63. The first-order valence-corrected chi connectivity index (χ1v) is 8.46. The van der Waals surface area contributed by atoms with Gasteiger partial charge in [0, 0.05) is 12.6 Å². The molecule has 0 fully saturated rings. The van der Waals surface area contributed by atoms with Gasteiger partial charge in [-0.05, 0) is 13.8 Å². The third-order valence-electron chi connectivity index (χ3n) is 1.96. The van der Waals surface area contributed by atoms with Crippen LogP contribution in [0.25, 0.3) is 0 Å². The number of hydrogen-bond donors (Lipinski definition) is 2. The molecule has 0 spiro atoms. The molecule has 18 heavy (non-hydrogen) atoms. The molecule has 0 saturated carbocycles. The molecule has 0 amide bonds. The highest BCUT2D eigenvalue weighted by atomic mass is 32.2. The molecular formula is C8H15N3O5S2. The average Bonchev–Trinajstić information content (AvgIpc) is 2.62. The van der Waals surface area contributed by atoms with Gasteiger partial charge < -0.3 is 4.52 Å². The molecule has 0 unspecified atom stereocenters. The van der Waals surface area contributed by atoms with Crippen molar-refractivity contribution < 1.29 is 21.4 Å². The fourth-order valence-corrected chi connectivity index (χ4v) is 2.69. The lowest BCUT2D eigenvalue weighted by Crippen LogP contribution is -2.32. The number of hydrogen-bond acceptors (Lipinski definition) is 6. The monoisotopic (exact) mass is 297 g/mol. The van der Waals surface area contributed by atoms with Crippen LogP contribution < -0.4 is 9.44 Å². The second-order valence-corrected chi connectivity index (χ2v) is 7.48. The highest BCUT2D eigenvalue weighted by molar-refractivity contribution is 7.92. The van der Waals surface area contributed by atoms with Crippen LogP contribution in [0.1, 0.15) is 12.7 Å². The molecule has 0 bridgehead atoms. The van der Waals surface area contributed by atoms with Gasteiger partial charge in [-0.15, -0.1) is 0 Å². The van der Waals surface area contributed by atoms with Gasteiger partial charge in [-0.25, -0.2) is 21.6 Å². The summed E-state index contributed by atoms with van der Waals surface area (Å²) in [6.07, 6.45) is 0. The Labute approximate surface area is 106 Å². The van der Waals surface area contributed by atoms with Crippen molar-refractivity contribution in [3.8, 4) is 0 Å². The minimum absolute atomic E-state index is 0.0749. The van der Waals surface area contributed by atoms with Gasteiger partial charge in [-0.2, -0.15) is 0 Å². The number of rotatable bonds is 7. The molecule has 1 rings (SSSR count). The Kier molecular flexibility index (Phi) is 4.71. The van der Waals surface area contributed by atoms with Gasteiger partial charge in [0.05, 0.1) is 11.5 Å². The van der Waals surface area contributed by atoms with E-state index in [2.05, 4.69) is 14.6 Å². The Hall–Kier alpha value is -1.13. The van der Waals surface area contributed by atoms with E-state index >= 15 is 0 Å². The van der Waals surface area contributed by atoms with Crippen molar-refractivity contribution in [1.82, 2.24) is 9.88 Å². The lowest BCUT2D eigenvalue weighted by molar-refractivity contribution is 0.400. The summed E-state index contributed by atoms with van der Waals surface area (Å²) in [6.45, 7) is 2.90. The maximum Gasteiger partial charge on any atom is 0.235 e. The van der Waals surface area contributed by atoms with E-state index in [1.165, 1.54) is 13.0 Å². The van der Waals surface area contributed by atoms with Gasteiger partial charge in [0.2, 0.25) is 20.0 Å². The van der Waals surface area contributed by atoms with Crippen LogP contribution in [0.15, 0.2) is 10.6 Å². The number of sulfonamides is 2. The molecule has 104 valence electrons. The van der Waals surface area contributed by atoms with Gasteiger partial charge in [-0.1, -0.05) is 5.16 Å². The quantitative estimate of drug-likeness (QED) is 0.711. The van der Waals surface area contributed by atoms with Crippen LogP contribution in [0.3, 0.4) is 0 Å². The van der Waals surface area contributed by atoms with Crippen molar-refractivity contribution >= 4 is 25.9 Å². The maximum absolute atomic E-state index is 11.6. The molecule has 0 aromatic carbocycles. The van der Waals surface area contributed by atoms with Crippen LogP contribution in [0, 0.1) is 6.92 Å². The van der Waals surface area contributed by atoms with E-state index in [9.17, 15) is 16.8 Å². The van der Waals surface area contributed by atoms with E-state index in [4.69, 9.17) is 4.52 Å². The fourth-order valence-electron chi connectivity index (χ4n) is 1.06. The normalized spacial score (nSPS) is 12.6. The largest absolute Gasteiger partial charge is 0.360 e. The van der Waals surface area contributed by atoms with E-state index in [-0.39, 0.29) is 23.9 Å². The molecule has 0 aliphatic carbocycles. The Morgan fingerprint density at radius 3 is 2.44 bits per heavy atom.